The van der Waals surface area contributed by atoms with Crippen LogP contribution in [0.2, 0.25) is 0 Å². The van der Waals surface area contributed by atoms with E-state index in [2.05, 4.69) is 50.5 Å². The van der Waals surface area contributed by atoms with Gasteiger partial charge >= 0.3 is 0 Å². The standard InChI is InChI=1S/C14H18BrN3O/c1-8-3-4-18(7-8)12-6-11-9(5-10(12)15)13(16-2)14(19)17-11/h5-6,8,13,16H,3-4,7H2,1-2H3,(H,17,19). The van der Waals surface area contributed by atoms with Crippen LogP contribution in [0.5, 0.6) is 0 Å². The van der Waals surface area contributed by atoms with Crippen molar-refractivity contribution in [1.29, 1.82) is 0 Å². The minimum absolute atomic E-state index is 0.0244. The minimum atomic E-state index is -0.238. The normalized spacial score (nSPS) is 25.6. The first-order valence-electron chi connectivity index (χ1n) is 6.66. The van der Waals surface area contributed by atoms with Crippen LogP contribution in [0.25, 0.3) is 0 Å². The fourth-order valence-corrected chi connectivity index (χ4v) is 3.57. The van der Waals surface area contributed by atoms with E-state index in [9.17, 15) is 4.79 Å². The van der Waals surface area contributed by atoms with Gasteiger partial charge in [0.15, 0.2) is 0 Å². The lowest BCUT2D eigenvalue weighted by atomic mass is 10.1. The van der Waals surface area contributed by atoms with Crippen LogP contribution in [0.4, 0.5) is 11.4 Å². The van der Waals surface area contributed by atoms with Crippen molar-refractivity contribution in [1.82, 2.24) is 5.32 Å². The summed E-state index contributed by atoms with van der Waals surface area (Å²) < 4.78 is 1.07. The number of amides is 1. The Labute approximate surface area is 121 Å². The summed E-state index contributed by atoms with van der Waals surface area (Å²) in [7, 11) is 1.81. The summed E-state index contributed by atoms with van der Waals surface area (Å²) >= 11 is 3.65. The van der Waals surface area contributed by atoms with Crippen molar-refractivity contribution in [3.8, 4) is 0 Å². The number of carbonyl (C=O) groups is 1. The zero-order valence-electron chi connectivity index (χ0n) is 11.2. The predicted octanol–water partition coefficient (Wildman–Crippen LogP) is 2.51. The van der Waals surface area contributed by atoms with E-state index in [0.29, 0.717) is 0 Å². The Hall–Kier alpha value is -1.07. The van der Waals surface area contributed by atoms with E-state index < -0.39 is 0 Å². The maximum absolute atomic E-state index is 11.9. The molecule has 0 aromatic heterocycles. The van der Waals surface area contributed by atoms with Crippen molar-refractivity contribution in [2.45, 2.75) is 19.4 Å². The average Bonchev–Trinajstić information content (AvgIpc) is 2.91. The molecule has 2 aliphatic rings. The molecule has 2 heterocycles. The molecule has 1 fully saturated rings. The van der Waals surface area contributed by atoms with Crippen molar-refractivity contribution < 1.29 is 4.79 Å². The molecule has 2 N–H and O–H groups in total. The third-order valence-corrected chi connectivity index (χ3v) is 4.64. The molecule has 19 heavy (non-hydrogen) atoms. The van der Waals surface area contributed by atoms with Gasteiger partial charge in [0.1, 0.15) is 6.04 Å². The lowest BCUT2D eigenvalue weighted by Crippen LogP contribution is -2.23. The summed E-state index contributed by atoms with van der Waals surface area (Å²) in [5.74, 6) is 0.760. The Bertz CT molecular complexity index is 532. The molecule has 4 nitrogen and oxygen atoms in total. The highest BCUT2D eigenvalue weighted by Gasteiger charge is 2.31. The summed E-state index contributed by atoms with van der Waals surface area (Å²) in [5, 5.41) is 6.00. The molecule has 2 atom stereocenters. The molecule has 102 valence electrons. The molecule has 0 radical (unpaired) electrons. The van der Waals surface area contributed by atoms with E-state index >= 15 is 0 Å². The van der Waals surface area contributed by atoms with Gasteiger partial charge in [0, 0.05) is 28.8 Å². The first kappa shape index (κ1) is 12.9. The lowest BCUT2D eigenvalue weighted by molar-refractivity contribution is -0.117. The number of hydrogen-bond acceptors (Lipinski definition) is 3. The van der Waals surface area contributed by atoms with Gasteiger partial charge < -0.3 is 15.5 Å². The lowest BCUT2D eigenvalue weighted by Gasteiger charge is -2.21. The van der Waals surface area contributed by atoms with E-state index in [1.165, 1.54) is 12.1 Å². The molecule has 5 heteroatoms. The SMILES string of the molecule is CNC1C(=O)Nc2cc(N3CCC(C)C3)c(Br)cc21. The number of fused-ring (bicyclic) bond motifs is 1. The number of carbonyl (C=O) groups excluding carboxylic acids is 1. The highest BCUT2D eigenvalue weighted by molar-refractivity contribution is 9.10. The maximum Gasteiger partial charge on any atom is 0.246 e. The zero-order valence-corrected chi connectivity index (χ0v) is 12.8. The van der Waals surface area contributed by atoms with Crippen LogP contribution >= 0.6 is 15.9 Å². The van der Waals surface area contributed by atoms with Gasteiger partial charge in [-0.25, -0.2) is 0 Å². The summed E-state index contributed by atoms with van der Waals surface area (Å²) in [5.41, 5.74) is 3.14. The molecule has 1 saturated heterocycles. The smallest absolute Gasteiger partial charge is 0.246 e. The fraction of sp³-hybridized carbons (Fsp3) is 0.500. The third kappa shape index (κ3) is 2.15. The first-order valence-corrected chi connectivity index (χ1v) is 7.46. The number of hydrogen-bond donors (Lipinski definition) is 2. The molecule has 0 bridgehead atoms. The van der Waals surface area contributed by atoms with E-state index in [-0.39, 0.29) is 11.9 Å². The molecular weight excluding hydrogens is 306 g/mol. The van der Waals surface area contributed by atoms with E-state index in [4.69, 9.17) is 0 Å². The predicted molar refractivity (Wildman–Crippen MR) is 80.6 cm³/mol. The summed E-state index contributed by atoms with van der Waals surface area (Å²) in [6.07, 6.45) is 1.23. The fourth-order valence-electron chi connectivity index (χ4n) is 2.95. The van der Waals surface area contributed by atoms with Crippen LogP contribution in [0.3, 0.4) is 0 Å². The van der Waals surface area contributed by atoms with Crippen LogP contribution in [-0.4, -0.2) is 26.0 Å². The number of rotatable bonds is 2. The van der Waals surface area contributed by atoms with Gasteiger partial charge in [-0.3, -0.25) is 4.79 Å². The van der Waals surface area contributed by atoms with Crippen molar-refractivity contribution in [2.75, 3.05) is 30.4 Å². The number of nitrogens with one attached hydrogen (secondary N) is 2. The van der Waals surface area contributed by atoms with E-state index in [1.54, 1.807) is 0 Å². The number of likely N-dealkylation sites (N-methyl/N-ethyl adjacent to an activating group) is 1. The Morgan fingerprint density at radius 2 is 2.26 bits per heavy atom. The van der Waals surface area contributed by atoms with Crippen molar-refractivity contribution in [2.24, 2.45) is 5.92 Å². The Balaban J connectivity index is 1.97. The Kier molecular flexibility index (Phi) is 3.27. The summed E-state index contributed by atoms with van der Waals surface area (Å²) in [6, 6.07) is 3.91. The van der Waals surface area contributed by atoms with Crippen molar-refractivity contribution in [3.63, 3.8) is 0 Å². The van der Waals surface area contributed by atoms with Gasteiger partial charge in [-0.15, -0.1) is 0 Å². The van der Waals surface area contributed by atoms with Gasteiger partial charge in [0.2, 0.25) is 5.91 Å². The van der Waals surface area contributed by atoms with Gasteiger partial charge in [-0.1, -0.05) is 6.92 Å². The van der Waals surface area contributed by atoms with E-state index in [0.717, 1.165) is 34.7 Å². The topological polar surface area (TPSA) is 44.4 Å². The largest absolute Gasteiger partial charge is 0.370 e. The Morgan fingerprint density at radius 1 is 1.47 bits per heavy atom. The summed E-state index contributed by atoms with van der Waals surface area (Å²) in [6.45, 7) is 4.45. The van der Waals surface area contributed by atoms with Crippen molar-refractivity contribution >= 4 is 33.2 Å². The van der Waals surface area contributed by atoms with Crippen molar-refractivity contribution in [3.05, 3.63) is 22.2 Å². The Morgan fingerprint density at radius 3 is 2.89 bits per heavy atom. The first-order chi connectivity index (χ1) is 9.10. The number of halogens is 1. The van der Waals surface area contributed by atoms with Crippen LogP contribution < -0.4 is 15.5 Å². The van der Waals surface area contributed by atoms with Gasteiger partial charge in [-0.05, 0) is 47.4 Å². The molecular formula is C14H18BrN3O. The van der Waals surface area contributed by atoms with Crippen LogP contribution in [-0.2, 0) is 4.79 Å². The van der Waals surface area contributed by atoms with Crippen LogP contribution in [0.15, 0.2) is 16.6 Å². The molecule has 1 aromatic carbocycles. The van der Waals surface area contributed by atoms with Gasteiger partial charge in [-0.2, -0.15) is 0 Å². The zero-order chi connectivity index (χ0) is 13.6. The average molecular weight is 324 g/mol. The van der Waals surface area contributed by atoms with Crippen LogP contribution in [0, 0.1) is 5.92 Å². The van der Waals surface area contributed by atoms with Crippen LogP contribution in [0.1, 0.15) is 24.9 Å². The number of nitrogens with zero attached hydrogens (tertiary/aromatic N) is 1. The molecule has 0 spiro atoms. The maximum atomic E-state index is 11.9. The molecule has 1 aromatic rings. The minimum Gasteiger partial charge on any atom is -0.370 e. The molecule has 0 saturated carbocycles. The second-order valence-corrected chi connectivity index (χ2v) is 6.30. The molecule has 3 rings (SSSR count). The highest BCUT2D eigenvalue weighted by Crippen LogP contribution is 2.40. The molecule has 2 aliphatic heterocycles. The molecule has 2 unspecified atom stereocenters. The van der Waals surface area contributed by atoms with Gasteiger partial charge in [0.25, 0.3) is 0 Å². The monoisotopic (exact) mass is 323 g/mol. The van der Waals surface area contributed by atoms with Gasteiger partial charge in [0.05, 0.1) is 5.69 Å². The number of benzene rings is 1. The summed E-state index contributed by atoms with van der Waals surface area (Å²) in [4.78, 5) is 14.2. The van der Waals surface area contributed by atoms with E-state index in [1.807, 2.05) is 7.05 Å². The highest BCUT2D eigenvalue weighted by atomic mass is 79.9. The molecule has 0 aliphatic carbocycles. The third-order valence-electron chi connectivity index (χ3n) is 4.00. The number of anilines is 2. The second-order valence-electron chi connectivity index (χ2n) is 5.44. The molecule has 1 amide bonds. The quantitative estimate of drug-likeness (QED) is 0.879. The second kappa shape index (κ2) is 4.80.